The number of halogens is 1. The maximum Gasteiger partial charge on any atom is 0.272 e. The van der Waals surface area contributed by atoms with Crippen LogP contribution in [0, 0.1) is 12.7 Å². The van der Waals surface area contributed by atoms with E-state index in [0.29, 0.717) is 29.4 Å². The van der Waals surface area contributed by atoms with Gasteiger partial charge in [-0.3, -0.25) is 4.79 Å². The lowest BCUT2D eigenvalue weighted by Gasteiger charge is -2.05. The zero-order valence-corrected chi connectivity index (χ0v) is 14.0. The van der Waals surface area contributed by atoms with Crippen molar-refractivity contribution in [3.8, 4) is 17.2 Å². The molecule has 1 aliphatic heterocycles. The van der Waals surface area contributed by atoms with Crippen molar-refractivity contribution in [3.63, 3.8) is 0 Å². The Balaban J connectivity index is 1.47. The largest absolute Gasteiger partial charge is 0.454 e. The number of benzene rings is 2. The lowest BCUT2D eigenvalue weighted by Crippen LogP contribution is -2.23. The van der Waals surface area contributed by atoms with Gasteiger partial charge in [0, 0.05) is 12.2 Å². The molecule has 1 amide bonds. The summed E-state index contributed by atoms with van der Waals surface area (Å²) in [5.74, 6) is 0.772. The summed E-state index contributed by atoms with van der Waals surface area (Å²) in [6.45, 7) is 2.40. The number of aryl methyl sites for hydroxylation is 1. The third kappa shape index (κ3) is 3.11. The molecule has 1 N–H and O–H groups in total. The van der Waals surface area contributed by atoms with E-state index in [4.69, 9.17) is 9.47 Å². The SMILES string of the molecule is Cc1cc(C(=O)NCc2ccc3c(c2)OCO3)nn1-c1ccc(F)cc1. The molecule has 1 aromatic heterocycles. The predicted molar refractivity (Wildman–Crippen MR) is 92.0 cm³/mol. The molecule has 2 aromatic carbocycles. The summed E-state index contributed by atoms with van der Waals surface area (Å²) in [6, 6.07) is 13.2. The maximum absolute atomic E-state index is 13.1. The molecule has 7 heteroatoms. The number of aromatic nitrogens is 2. The summed E-state index contributed by atoms with van der Waals surface area (Å²) in [5.41, 5.74) is 2.67. The van der Waals surface area contributed by atoms with Crippen molar-refractivity contribution in [3.05, 3.63) is 71.3 Å². The fourth-order valence-corrected chi connectivity index (χ4v) is 2.75. The van der Waals surface area contributed by atoms with E-state index in [2.05, 4.69) is 10.4 Å². The quantitative estimate of drug-likeness (QED) is 0.783. The van der Waals surface area contributed by atoms with Gasteiger partial charge in [-0.2, -0.15) is 5.10 Å². The summed E-state index contributed by atoms with van der Waals surface area (Å²) in [4.78, 5) is 12.4. The molecule has 0 spiro atoms. The highest BCUT2D eigenvalue weighted by atomic mass is 19.1. The first-order valence-electron chi connectivity index (χ1n) is 8.09. The molecule has 0 radical (unpaired) electrons. The molecule has 0 aliphatic carbocycles. The highest BCUT2D eigenvalue weighted by Gasteiger charge is 2.15. The third-order valence-electron chi connectivity index (χ3n) is 4.08. The van der Waals surface area contributed by atoms with E-state index < -0.39 is 0 Å². The number of ether oxygens (including phenoxy) is 2. The van der Waals surface area contributed by atoms with Gasteiger partial charge in [0.15, 0.2) is 17.2 Å². The van der Waals surface area contributed by atoms with E-state index in [1.165, 1.54) is 12.1 Å². The Morgan fingerprint density at radius 2 is 1.92 bits per heavy atom. The Labute approximate surface area is 149 Å². The third-order valence-corrected chi connectivity index (χ3v) is 4.08. The van der Waals surface area contributed by atoms with Crippen molar-refractivity contribution < 1.29 is 18.7 Å². The number of carbonyl (C=O) groups excluding carboxylic acids is 1. The number of amides is 1. The predicted octanol–water partition coefficient (Wildman–Crippen LogP) is 2.98. The van der Waals surface area contributed by atoms with Gasteiger partial charge in [-0.15, -0.1) is 0 Å². The molecule has 26 heavy (non-hydrogen) atoms. The average Bonchev–Trinajstić information content (AvgIpc) is 3.26. The summed E-state index contributed by atoms with van der Waals surface area (Å²) in [5, 5.41) is 7.15. The van der Waals surface area contributed by atoms with Gasteiger partial charge in [-0.25, -0.2) is 9.07 Å². The molecule has 6 nitrogen and oxygen atoms in total. The van der Waals surface area contributed by atoms with Crippen LogP contribution in [0.4, 0.5) is 4.39 Å². The lowest BCUT2D eigenvalue weighted by molar-refractivity contribution is 0.0945. The highest BCUT2D eigenvalue weighted by molar-refractivity contribution is 5.92. The first-order chi connectivity index (χ1) is 12.6. The minimum absolute atomic E-state index is 0.214. The number of hydrogen-bond donors (Lipinski definition) is 1. The lowest BCUT2D eigenvalue weighted by atomic mass is 10.2. The molecule has 0 saturated carbocycles. The smallest absolute Gasteiger partial charge is 0.272 e. The van der Waals surface area contributed by atoms with Crippen LogP contribution in [0.3, 0.4) is 0 Å². The van der Waals surface area contributed by atoms with Crippen LogP contribution >= 0.6 is 0 Å². The molecule has 132 valence electrons. The maximum atomic E-state index is 13.1. The second kappa shape index (κ2) is 6.51. The second-order valence-corrected chi connectivity index (χ2v) is 5.93. The molecule has 1 aliphatic rings. The number of fused-ring (bicyclic) bond motifs is 1. The molecule has 0 saturated heterocycles. The molecule has 0 atom stereocenters. The molecule has 0 unspecified atom stereocenters. The van der Waals surface area contributed by atoms with Crippen LogP contribution in [-0.2, 0) is 6.54 Å². The Morgan fingerprint density at radius 1 is 1.15 bits per heavy atom. The van der Waals surface area contributed by atoms with Crippen molar-refractivity contribution in [1.29, 1.82) is 0 Å². The van der Waals surface area contributed by atoms with Crippen LogP contribution in [-0.4, -0.2) is 22.5 Å². The number of nitrogens with one attached hydrogen (secondary N) is 1. The zero-order chi connectivity index (χ0) is 18.1. The van der Waals surface area contributed by atoms with Crippen LogP contribution < -0.4 is 14.8 Å². The normalized spacial score (nSPS) is 12.2. The molecule has 0 bridgehead atoms. The van der Waals surface area contributed by atoms with Gasteiger partial charge >= 0.3 is 0 Å². The van der Waals surface area contributed by atoms with Gasteiger partial charge < -0.3 is 14.8 Å². The highest BCUT2D eigenvalue weighted by Crippen LogP contribution is 2.32. The number of rotatable bonds is 4. The minimum atomic E-state index is -0.319. The summed E-state index contributed by atoms with van der Waals surface area (Å²) in [6.07, 6.45) is 0. The first-order valence-corrected chi connectivity index (χ1v) is 8.09. The van der Waals surface area contributed by atoms with E-state index in [0.717, 1.165) is 11.3 Å². The Hall–Kier alpha value is -3.35. The minimum Gasteiger partial charge on any atom is -0.454 e. The fraction of sp³-hybridized carbons (Fsp3) is 0.158. The van der Waals surface area contributed by atoms with Crippen LogP contribution in [0.2, 0.25) is 0 Å². The van der Waals surface area contributed by atoms with Gasteiger partial charge in [0.25, 0.3) is 5.91 Å². The standard InChI is InChI=1S/C19H16FN3O3/c1-12-8-16(22-23(12)15-5-3-14(20)4-6-15)19(24)21-10-13-2-7-17-18(9-13)26-11-25-17/h2-9H,10-11H2,1H3,(H,21,24). The van der Waals surface area contributed by atoms with Crippen molar-refractivity contribution >= 4 is 5.91 Å². The van der Waals surface area contributed by atoms with E-state index in [-0.39, 0.29) is 18.5 Å². The van der Waals surface area contributed by atoms with Crippen molar-refractivity contribution in [2.24, 2.45) is 0 Å². The number of carbonyl (C=O) groups is 1. The molecular formula is C19H16FN3O3. The van der Waals surface area contributed by atoms with Crippen LogP contribution in [0.25, 0.3) is 5.69 Å². The van der Waals surface area contributed by atoms with E-state index in [1.807, 2.05) is 25.1 Å². The summed E-state index contributed by atoms with van der Waals surface area (Å²) in [7, 11) is 0. The van der Waals surface area contributed by atoms with Crippen LogP contribution in [0.1, 0.15) is 21.7 Å². The van der Waals surface area contributed by atoms with Gasteiger partial charge in [-0.05, 0) is 55.0 Å². The van der Waals surface area contributed by atoms with Gasteiger partial charge in [-0.1, -0.05) is 6.07 Å². The molecule has 0 fully saturated rings. The van der Waals surface area contributed by atoms with Crippen LogP contribution in [0.5, 0.6) is 11.5 Å². The second-order valence-electron chi connectivity index (χ2n) is 5.93. The van der Waals surface area contributed by atoms with E-state index >= 15 is 0 Å². The molecule has 2 heterocycles. The van der Waals surface area contributed by atoms with Gasteiger partial charge in [0.2, 0.25) is 6.79 Å². The van der Waals surface area contributed by atoms with Crippen molar-refractivity contribution in [2.45, 2.75) is 13.5 Å². The fourth-order valence-electron chi connectivity index (χ4n) is 2.75. The van der Waals surface area contributed by atoms with Crippen molar-refractivity contribution in [2.75, 3.05) is 6.79 Å². The Bertz CT molecular complexity index is 967. The van der Waals surface area contributed by atoms with E-state index in [1.54, 1.807) is 22.9 Å². The Morgan fingerprint density at radius 3 is 2.73 bits per heavy atom. The van der Waals surface area contributed by atoms with Crippen LogP contribution in [0.15, 0.2) is 48.5 Å². The Kier molecular flexibility index (Phi) is 4.04. The summed E-state index contributed by atoms with van der Waals surface area (Å²) >= 11 is 0. The molecule has 4 rings (SSSR count). The van der Waals surface area contributed by atoms with Gasteiger partial charge in [0.05, 0.1) is 5.69 Å². The van der Waals surface area contributed by atoms with Crippen molar-refractivity contribution in [1.82, 2.24) is 15.1 Å². The first kappa shape index (κ1) is 16.1. The molecular weight excluding hydrogens is 337 g/mol. The van der Waals surface area contributed by atoms with Gasteiger partial charge in [0.1, 0.15) is 5.82 Å². The number of nitrogens with zero attached hydrogens (tertiary/aromatic N) is 2. The van der Waals surface area contributed by atoms with E-state index in [9.17, 15) is 9.18 Å². The zero-order valence-electron chi connectivity index (χ0n) is 14.0. The average molecular weight is 353 g/mol. The summed E-state index contributed by atoms with van der Waals surface area (Å²) < 4.78 is 25.3. The number of hydrogen-bond acceptors (Lipinski definition) is 4. The molecule has 3 aromatic rings. The topological polar surface area (TPSA) is 65.4 Å². The monoisotopic (exact) mass is 353 g/mol.